The fourth-order valence-corrected chi connectivity index (χ4v) is 2.99. The summed E-state index contributed by atoms with van der Waals surface area (Å²) in [5.74, 6) is 0. The zero-order valence-corrected chi connectivity index (χ0v) is 16.4. The summed E-state index contributed by atoms with van der Waals surface area (Å²) >= 11 is 0. The second-order valence-electron chi connectivity index (χ2n) is 6.79. The number of fused-ring (bicyclic) bond motifs is 1. The number of unbranched alkanes of at least 4 members (excludes halogenated alkanes) is 1. The van der Waals surface area contributed by atoms with Crippen LogP contribution in [0.3, 0.4) is 0 Å². The van der Waals surface area contributed by atoms with Crippen molar-refractivity contribution in [1.29, 1.82) is 0 Å². The Kier molecular flexibility index (Phi) is 7.44. The number of carbonyl (C=O) groups excluding carboxylic acids is 1. The molecule has 2 aromatic heterocycles. The van der Waals surface area contributed by atoms with E-state index in [0.29, 0.717) is 13.1 Å². The van der Waals surface area contributed by atoms with Crippen LogP contribution in [-0.4, -0.2) is 35.2 Å². The van der Waals surface area contributed by atoms with Crippen molar-refractivity contribution < 1.29 is 9.53 Å². The van der Waals surface area contributed by atoms with E-state index in [9.17, 15) is 4.79 Å². The highest BCUT2D eigenvalue weighted by Gasteiger charge is 2.05. The second kappa shape index (κ2) is 10.5. The van der Waals surface area contributed by atoms with Crippen LogP contribution in [-0.2, 0) is 17.7 Å². The number of rotatable bonds is 10. The topological polar surface area (TPSA) is 67.7 Å². The minimum atomic E-state index is -0.168. The number of carbonyl (C=O) groups is 1. The maximum atomic E-state index is 11.9. The Bertz CT molecular complexity index is 877. The third kappa shape index (κ3) is 6.09. The SMILES string of the molecule is Cc1cccc2nc(CNC(=O)NCCCCOCCc3ccccc3)cn12. The zero-order chi connectivity index (χ0) is 19.6. The van der Waals surface area contributed by atoms with Gasteiger partial charge < -0.3 is 19.8 Å². The van der Waals surface area contributed by atoms with Crippen LogP contribution in [0.25, 0.3) is 5.65 Å². The predicted molar refractivity (Wildman–Crippen MR) is 110 cm³/mol. The second-order valence-corrected chi connectivity index (χ2v) is 6.79. The van der Waals surface area contributed by atoms with E-state index in [1.165, 1.54) is 5.56 Å². The molecular weight excluding hydrogens is 352 g/mol. The van der Waals surface area contributed by atoms with Gasteiger partial charge in [0.15, 0.2) is 0 Å². The number of nitrogens with one attached hydrogen (secondary N) is 2. The van der Waals surface area contributed by atoms with Crippen LogP contribution in [0.2, 0.25) is 0 Å². The number of hydrogen-bond donors (Lipinski definition) is 2. The summed E-state index contributed by atoms with van der Waals surface area (Å²) < 4.78 is 7.67. The first kappa shape index (κ1) is 19.9. The first-order valence-corrected chi connectivity index (χ1v) is 9.79. The summed E-state index contributed by atoms with van der Waals surface area (Å²) in [6.45, 7) is 4.53. The Hall–Kier alpha value is -2.86. The van der Waals surface area contributed by atoms with E-state index in [1.54, 1.807) is 0 Å². The number of pyridine rings is 1. The van der Waals surface area contributed by atoms with Gasteiger partial charge in [-0.15, -0.1) is 0 Å². The summed E-state index contributed by atoms with van der Waals surface area (Å²) in [7, 11) is 0. The molecule has 1 aromatic carbocycles. The molecule has 0 aliphatic carbocycles. The summed E-state index contributed by atoms with van der Waals surface area (Å²) in [5, 5.41) is 5.73. The van der Waals surface area contributed by atoms with E-state index in [2.05, 4.69) is 27.8 Å². The molecule has 0 fully saturated rings. The highest BCUT2D eigenvalue weighted by Crippen LogP contribution is 2.08. The number of aromatic nitrogens is 2. The first-order valence-electron chi connectivity index (χ1n) is 9.79. The number of aryl methyl sites for hydroxylation is 1. The van der Waals surface area contributed by atoms with E-state index in [1.807, 2.05) is 53.9 Å². The van der Waals surface area contributed by atoms with E-state index in [0.717, 1.165) is 49.5 Å². The Balaban J connectivity index is 1.23. The minimum absolute atomic E-state index is 0.168. The van der Waals surface area contributed by atoms with Crippen molar-refractivity contribution in [3.63, 3.8) is 0 Å². The number of nitrogens with zero attached hydrogens (tertiary/aromatic N) is 2. The first-order chi connectivity index (χ1) is 13.7. The van der Waals surface area contributed by atoms with Crippen molar-refractivity contribution in [3.05, 3.63) is 71.7 Å². The maximum Gasteiger partial charge on any atom is 0.315 e. The number of amides is 2. The predicted octanol–water partition coefficient (Wildman–Crippen LogP) is 3.48. The van der Waals surface area contributed by atoms with Gasteiger partial charge in [0.25, 0.3) is 0 Å². The number of benzene rings is 1. The van der Waals surface area contributed by atoms with Crippen LogP contribution in [0.15, 0.2) is 54.7 Å². The van der Waals surface area contributed by atoms with Gasteiger partial charge in [0, 0.05) is 25.0 Å². The molecule has 0 aliphatic heterocycles. The molecule has 2 heterocycles. The molecule has 0 saturated heterocycles. The Morgan fingerprint density at radius 1 is 1.04 bits per heavy atom. The normalized spacial score (nSPS) is 10.9. The third-order valence-corrected chi connectivity index (χ3v) is 4.55. The fraction of sp³-hybridized carbons (Fsp3) is 0.364. The summed E-state index contributed by atoms with van der Waals surface area (Å²) in [5.41, 5.74) is 4.15. The summed E-state index contributed by atoms with van der Waals surface area (Å²) in [6.07, 6.45) is 4.72. The van der Waals surface area contributed by atoms with Crippen molar-refractivity contribution in [3.8, 4) is 0 Å². The van der Waals surface area contributed by atoms with E-state index >= 15 is 0 Å². The van der Waals surface area contributed by atoms with E-state index in [-0.39, 0.29) is 6.03 Å². The molecular formula is C22H28N4O2. The molecule has 0 unspecified atom stereocenters. The maximum absolute atomic E-state index is 11.9. The zero-order valence-electron chi connectivity index (χ0n) is 16.4. The Morgan fingerprint density at radius 3 is 2.71 bits per heavy atom. The number of ether oxygens (including phenoxy) is 1. The van der Waals surface area contributed by atoms with Crippen LogP contribution in [0.4, 0.5) is 4.79 Å². The lowest BCUT2D eigenvalue weighted by atomic mass is 10.2. The molecule has 0 saturated carbocycles. The standard InChI is InChI=1S/C22H28N4O2/c1-18-8-7-11-21-25-20(17-26(18)21)16-24-22(27)23-13-5-6-14-28-15-12-19-9-3-2-4-10-19/h2-4,7-11,17H,5-6,12-16H2,1H3,(H2,23,24,27). The molecule has 3 rings (SSSR count). The molecule has 0 bridgehead atoms. The molecule has 2 N–H and O–H groups in total. The highest BCUT2D eigenvalue weighted by atomic mass is 16.5. The summed E-state index contributed by atoms with van der Waals surface area (Å²) in [6, 6.07) is 16.1. The molecule has 6 nitrogen and oxygen atoms in total. The molecule has 28 heavy (non-hydrogen) atoms. The molecule has 0 aliphatic rings. The van der Waals surface area contributed by atoms with Gasteiger partial charge in [-0.3, -0.25) is 0 Å². The molecule has 0 atom stereocenters. The fourth-order valence-electron chi connectivity index (χ4n) is 2.99. The number of hydrogen-bond acceptors (Lipinski definition) is 3. The summed E-state index contributed by atoms with van der Waals surface area (Å²) in [4.78, 5) is 16.4. The highest BCUT2D eigenvalue weighted by molar-refractivity contribution is 5.73. The molecule has 0 radical (unpaired) electrons. The molecule has 0 spiro atoms. The average molecular weight is 380 g/mol. The van der Waals surface area contributed by atoms with Gasteiger partial charge in [-0.1, -0.05) is 36.4 Å². The van der Waals surface area contributed by atoms with Crippen LogP contribution in [0, 0.1) is 6.92 Å². The Morgan fingerprint density at radius 2 is 1.89 bits per heavy atom. The third-order valence-electron chi connectivity index (χ3n) is 4.55. The lowest BCUT2D eigenvalue weighted by Gasteiger charge is -2.07. The monoisotopic (exact) mass is 380 g/mol. The van der Waals surface area contributed by atoms with E-state index < -0.39 is 0 Å². The van der Waals surface area contributed by atoms with Gasteiger partial charge in [-0.2, -0.15) is 0 Å². The lowest BCUT2D eigenvalue weighted by molar-refractivity contribution is 0.133. The van der Waals surface area contributed by atoms with Gasteiger partial charge in [0.05, 0.1) is 18.8 Å². The van der Waals surface area contributed by atoms with Crippen molar-refractivity contribution in [2.75, 3.05) is 19.8 Å². The van der Waals surface area contributed by atoms with Gasteiger partial charge in [-0.05, 0) is 43.9 Å². The number of imidazole rings is 1. The van der Waals surface area contributed by atoms with Crippen molar-refractivity contribution in [1.82, 2.24) is 20.0 Å². The van der Waals surface area contributed by atoms with Gasteiger partial charge in [0.1, 0.15) is 5.65 Å². The van der Waals surface area contributed by atoms with Gasteiger partial charge in [-0.25, -0.2) is 9.78 Å². The Labute approximate surface area is 165 Å². The smallest absolute Gasteiger partial charge is 0.315 e. The van der Waals surface area contributed by atoms with Crippen LogP contribution in [0.5, 0.6) is 0 Å². The van der Waals surface area contributed by atoms with Gasteiger partial charge in [0.2, 0.25) is 0 Å². The van der Waals surface area contributed by atoms with Crippen LogP contribution in [0.1, 0.15) is 29.8 Å². The molecule has 6 heteroatoms. The number of urea groups is 1. The minimum Gasteiger partial charge on any atom is -0.381 e. The average Bonchev–Trinajstić information content (AvgIpc) is 3.14. The largest absolute Gasteiger partial charge is 0.381 e. The molecule has 2 amide bonds. The van der Waals surface area contributed by atoms with Crippen molar-refractivity contribution in [2.24, 2.45) is 0 Å². The van der Waals surface area contributed by atoms with Crippen molar-refractivity contribution in [2.45, 2.75) is 32.7 Å². The van der Waals surface area contributed by atoms with Gasteiger partial charge >= 0.3 is 6.03 Å². The molecule has 148 valence electrons. The van der Waals surface area contributed by atoms with Crippen LogP contribution >= 0.6 is 0 Å². The molecule has 3 aromatic rings. The van der Waals surface area contributed by atoms with Crippen molar-refractivity contribution >= 4 is 11.7 Å². The van der Waals surface area contributed by atoms with E-state index in [4.69, 9.17) is 4.74 Å². The quantitative estimate of drug-likeness (QED) is 0.529. The lowest BCUT2D eigenvalue weighted by Crippen LogP contribution is -2.35. The van der Waals surface area contributed by atoms with Crippen LogP contribution < -0.4 is 10.6 Å².